The number of rotatable bonds is 5. The number of benzene rings is 3. The Balaban J connectivity index is 1.98. The van der Waals surface area contributed by atoms with Crippen LogP contribution in [0.4, 0.5) is 11.4 Å². The van der Waals surface area contributed by atoms with Crippen LogP contribution < -0.4 is 9.80 Å². The van der Waals surface area contributed by atoms with Crippen molar-refractivity contribution in [2.75, 3.05) is 9.80 Å². The molecule has 0 atom stereocenters. The molecule has 0 aromatic heterocycles. The maximum Gasteiger partial charge on any atom is 0.257 e. The largest absolute Gasteiger partial charge is 0.310 e. The van der Waals surface area contributed by atoms with E-state index in [0.717, 1.165) is 11.3 Å². The standard InChI is InChI=1S/C25H25N3O/c1-20(2)27(22-14-8-4-9-15-22)25(26)28(23-16-10-5-11-17-23)24(29)19-18-21-12-6-3-7-13-21/h3-20,26H,1-2H3/b19-18+,26-25?. The van der Waals surface area contributed by atoms with Crippen molar-refractivity contribution in [1.29, 1.82) is 5.41 Å². The predicted octanol–water partition coefficient (Wildman–Crippen LogP) is 5.58. The van der Waals surface area contributed by atoms with Crippen molar-refractivity contribution in [2.24, 2.45) is 0 Å². The summed E-state index contributed by atoms with van der Waals surface area (Å²) in [6.45, 7) is 4.02. The molecule has 0 unspecified atom stereocenters. The van der Waals surface area contributed by atoms with Crippen LogP contribution in [-0.4, -0.2) is 17.9 Å². The number of nitrogens with zero attached hydrogens (tertiary/aromatic N) is 2. The number of guanidine groups is 1. The van der Waals surface area contributed by atoms with E-state index in [2.05, 4.69) is 0 Å². The third-order valence-corrected chi connectivity index (χ3v) is 4.44. The number of nitrogens with one attached hydrogen (secondary N) is 1. The van der Waals surface area contributed by atoms with Crippen LogP contribution in [-0.2, 0) is 4.79 Å². The van der Waals surface area contributed by atoms with Gasteiger partial charge in [0.2, 0.25) is 5.96 Å². The fraction of sp³-hybridized carbons (Fsp3) is 0.120. The Bertz CT molecular complexity index is 967. The van der Waals surface area contributed by atoms with Gasteiger partial charge in [0.15, 0.2) is 0 Å². The summed E-state index contributed by atoms with van der Waals surface area (Å²) < 4.78 is 0. The van der Waals surface area contributed by atoms with Gasteiger partial charge in [0.05, 0.1) is 5.69 Å². The molecule has 3 aromatic carbocycles. The molecule has 29 heavy (non-hydrogen) atoms. The van der Waals surface area contributed by atoms with Crippen molar-refractivity contribution < 1.29 is 4.79 Å². The Morgan fingerprint density at radius 2 is 1.28 bits per heavy atom. The number of hydrogen-bond acceptors (Lipinski definition) is 2. The van der Waals surface area contributed by atoms with E-state index in [1.807, 2.05) is 110 Å². The van der Waals surface area contributed by atoms with E-state index in [4.69, 9.17) is 5.41 Å². The monoisotopic (exact) mass is 383 g/mol. The summed E-state index contributed by atoms with van der Waals surface area (Å²) in [7, 11) is 0. The number of hydrogen-bond donors (Lipinski definition) is 1. The van der Waals surface area contributed by atoms with Gasteiger partial charge in [0.25, 0.3) is 5.91 Å². The van der Waals surface area contributed by atoms with Gasteiger partial charge in [-0.3, -0.25) is 10.2 Å². The molecule has 1 amide bonds. The van der Waals surface area contributed by atoms with Gasteiger partial charge in [0.1, 0.15) is 0 Å². The molecule has 0 radical (unpaired) electrons. The minimum atomic E-state index is -0.272. The molecule has 0 fully saturated rings. The summed E-state index contributed by atoms with van der Waals surface area (Å²) in [5.74, 6) is -0.160. The van der Waals surface area contributed by atoms with Crippen LogP contribution in [0.25, 0.3) is 6.08 Å². The lowest BCUT2D eigenvalue weighted by molar-refractivity contribution is -0.113. The van der Waals surface area contributed by atoms with E-state index in [1.54, 1.807) is 6.08 Å². The average molecular weight is 383 g/mol. The maximum atomic E-state index is 13.2. The molecule has 0 aliphatic heterocycles. The van der Waals surface area contributed by atoms with E-state index in [9.17, 15) is 4.79 Å². The first-order chi connectivity index (χ1) is 14.1. The first-order valence-electron chi connectivity index (χ1n) is 9.63. The Kier molecular flexibility index (Phi) is 6.59. The molecule has 0 saturated carbocycles. The van der Waals surface area contributed by atoms with E-state index in [-0.39, 0.29) is 17.9 Å². The normalized spacial score (nSPS) is 10.9. The molecule has 4 nitrogen and oxygen atoms in total. The van der Waals surface area contributed by atoms with Crippen LogP contribution in [0.3, 0.4) is 0 Å². The second-order valence-electron chi connectivity index (χ2n) is 6.88. The maximum absolute atomic E-state index is 13.2. The predicted molar refractivity (Wildman–Crippen MR) is 121 cm³/mol. The SMILES string of the molecule is CC(C)N(C(=N)N(C(=O)/C=C/c1ccccc1)c1ccccc1)c1ccccc1. The van der Waals surface area contributed by atoms with Gasteiger partial charge in [-0.05, 0) is 49.8 Å². The van der Waals surface area contributed by atoms with Crippen LogP contribution in [0.5, 0.6) is 0 Å². The van der Waals surface area contributed by atoms with Crippen molar-refractivity contribution in [3.8, 4) is 0 Å². The lowest BCUT2D eigenvalue weighted by Gasteiger charge is -2.34. The third-order valence-electron chi connectivity index (χ3n) is 4.44. The van der Waals surface area contributed by atoms with Crippen LogP contribution in [0.1, 0.15) is 19.4 Å². The van der Waals surface area contributed by atoms with Gasteiger partial charge in [-0.1, -0.05) is 66.7 Å². The minimum Gasteiger partial charge on any atom is -0.310 e. The van der Waals surface area contributed by atoms with Crippen molar-refractivity contribution in [3.05, 3.63) is 103 Å². The summed E-state index contributed by atoms with van der Waals surface area (Å²) in [6.07, 6.45) is 3.29. The highest BCUT2D eigenvalue weighted by atomic mass is 16.2. The van der Waals surface area contributed by atoms with Crippen molar-refractivity contribution in [2.45, 2.75) is 19.9 Å². The average Bonchev–Trinajstić information content (AvgIpc) is 2.74. The highest BCUT2D eigenvalue weighted by Crippen LogP contribution is 2.22. The van der Waals surface area contributed by atoms with Gasteiger partial charge < -0.3 is 4.90 Å². The highest BCUT2D eigenvalue weighted by Gasteiger charge is 2.26. The Labute approximate surface area is 172 Å². The summed E-state index contributed by atoms with van der Waals surface area (Å²) >= 11 is 0. The topological polar surface area (TPSA) is 47.4 Å². The quantitative estimate of drug-likeness (QED) is 0.355. The fourth-order valence-corrected chi connectivity index (χ4v) is 3.10. The molecule has 0 bridgehead atoms. The van der Waals surface area contributed by atoms with Crippen LogP contribution in [0.2, 0.25) is 0 Å². The van der Waals surface area contributed by atoms with E-state index in [0.29, 0.717) is 5.69 Å². The number of para-hydroxylation sites is 2. The first kappa shape index (κ1) is 20.1. The van der Waals surface area contributed by atoms with Crippen LogP contribution in [0.15, 0.2) is 97.1 Å². The van der Waals surface area contributed by atoms with E-state index < -0.39 is 0 Å². The Hall–Kier alpha value is -3.66. The third kappa shape index (κ3) is 4.99. The molecule has 0 heterocycles. The zero-order valence-corrected chi connectivity index (χ0v) is 16.7. The van der Waals surface area contributed by atoms with Crippen LogP contribution >= 0.6 is 0 Å². The molecule has 4 heteroatoms. The lowest BCUT2D eigenvalue weighted by atomic mass is 10.2. The smallest absolute Gasteiger partial charge is 0.257 e. The summed E-state index contributed by atoms with van der Waals surface area (Å²) in [6, 6.07) is 28.7. The summed E-state index contributed by atoms with van der Waals surface area (Å²) in [5, 5.41) is 8.92. The Morgan fingerprint density at radius 1 is 0.793 bits per heavy atom. The van der Waals surface area contributed by atoms with Gasteiger partial charge in [-0.25, -0.2) is 4.90 Å². The second-order valence-corrected chi connectivity index (χ2v) is 6.88. The zero-order valence-electron chi connectivity index (χ0n) is 16.7. The number of amides is 1. The fourth-order valence-electron chi connectivity index (χ4n) is 3.10. The molecular formula is C25H25N3O. The van der Waals surface area contributed by atoms with Crippen LogP contribution in [0, 0.1) is 5.41 Å². The lowest BCUT2D eigenvalue weighted by Crippen LogP contribution is -2.49. The summed E-state index contributed by atoms with van der Waals surface area (Å²) in [4.78, 5) is 16.5. The molecule has 146 valence electrons. The molecular weight excluding hydrogens is 358 g/mol. The molecule has 0 aliphatic carbocycles. The number of anilines is 2. The Morgan fingerprint density at radius 3 is 1.79 bits per heavy atom. The number of carbonyl (C=O) groups is 1. The zero-order chi connectivity index (χ0) is 20.6. The molecule has 3 rings (SSSR count). The van der Waals surface area contributed by atoms with Crippen molar-refractivity contribution >= 4 is 29.3 Å². The van der Waals surface area contributed by atoms with Crippen molar-refractivity contribution in [3.63, 3.8) is 0 Å². The highest BCUT2D eigenvalue weighted by molar-refractivity contribution is 6.24. The molecule has 0 saturated heterocycles. The second kappa shape index (κ2) is 9.51. The van der Waals surface area contributed by atoms with Gasteiger partial charge in [0, 0.05) is 17.8 Å². The van der Waals surface area contributed by atoms with Gasteiger partial charge in [-0.15, -0.1) is 0 Å². The van der Waals surface area contributed by atoms with Crippen molar-refractivity contribution in [1.82, 2.24) is 0 Å². The molecule has 3 aromatic rings. The number of carbonyl (C=O) groups excluding carboxylic acids is 1. The molecule has 0 spiro atoms. The molecule has 0 aliphatic rings. The minimum absolute atomic E-state index is 0.00187. The van der Waals surface area contributed by atoms with Gasteiger partial charge >= 0.3 is 0 Å². The molecule has 1 N–H and O–H groups in total. The first-order valence-corrected chi connectivity index (χ1v) is 9.63. The van der Waals surface area contributed by atoms with E-state index in [1.165, 1.54) is 11.0 Å². The van der Waals surface area contributed by atoms with E-state index >= 15 is 0 Å². The van der Waals surface area contributed by atoms with Gasteiger partial charge in [-0.2, -0.15) is 0 Å². The summed E-state index contributed by atoms with van der Waals surface area (Å²) in [5.41, 5.74) is 2.46.